The molecule has 34 heavy (non-hydrogen) atoms. The third kappa shape index (κ3) is 6.41. The van der Waals surface area contributed by atoms with Crippen LogP contribution in [0.4, 0.5) is 5.13 Å². The molecule has 0 radical (unpaired) electrons. The van der Waals surface area contributed by atoms with Crippen molar-refractivity contribution in [2.24, 2.45) is 0 Å². The summed E-state index contributed by atoms with van der Waals surface area (Å²) in [6.07, 6.45) is 1.27. The number of hydrogen-bond acceptors (Lipinski definition) is 7. The van der Waals surface area contributed by atoms with E-state index < -0.39 is 9.84 Å². The van der Waals surface area contributed by atoms with Crippen LogP contribution in [0.15, 0.2) is 53.4 Å². The first-order chi connectivity index (χ1) is 16.4. The lowest BCUT2D eigenvalue weighted by Crippen LogP contribution is -2.39. The lowest BCUT2D eigenvalue weighted by atomic mass is 10.2. The first-order valence-electron chi connectivity index (χ1n) is 11.7. The lowest BCUT2D eigenvalue weighted by molar-refractivity contribution is -0.118. The van der Waals surface area contributed by atoms with Gasteiger partial charge in [-0.05, 0) is 49.6 Å². The number of ether oxygens (including phenoxy) is 1. The predicted octanol–water partition coefficient (Wildman–Crippen LogP) is 3.91. The Morgan fingerprint density at radius 2 is 1.88 bits per heavy atom. The third-order valence-electron chi connectivity index (χ3n) is 5.93. The number of anilines is 1. The molecule has 182 valence electrons. The summed E-state index contributed by atoms with van der Waals surface area (Å²) in [5, 5.41) is 0.679. The normalized spacial score (nSPS) is 15.0. The van der Waals surface area contributed by atoms with Gasteiger partial charge in [0.05, 0.1) is 34.1 Å². The quantitative estimate of drug-likeness (QED) is 0.419. The van der Waals surface area contributed by atoms with Crippen molar-refractivity contribution in [1.29, 1.82) is 0 Å². The largest absolute Gasteiger partial charge is 0.379 e. The van der Waals surface area contributed by atoms with Gasteiger partial charge in [0.2, 0.25) is 5.91 Å². The maximum absolute atomic E-state index is 13.3. The molecule has 0 aliphatic carbocycles. The number of aryl methyl sites for hydroxylation is 1. The second kappa shape index (κ2) is 11.4. The van der Waals surface area contributed by atoms with Gasteiger partial charge in [-0.2, -0.15) is 0 Å². The van der Waals surface area contributed by atoms with Crippen LogP contribution >= 0.6 is 11.3 Å². The van der Waals surface area contributed by atoms with Crippen LogP contribution in [0.1, 0.15) is 24.8 Å². The fraction of sp³-hybridized carbons (Fsp3) is 0.440. The van der Waals surface area contributed by atoms with E-state index in [2.05, 4.69) is 11.0 Å². The molecule has 3 aromatic rings. The van der Waals surface area contributed by atoms with Gasteiger partial charge in [-0.15, -0.1) is 0 Å². The van der Waals surface area contributed by atoms with Gasteiger partial charge in [0.15, 0.2) is 15.0 Å². The summed E-state index contributed by atoms with van der Waals surface area (Å²) in [7, 11) is -3.41. The van der Waals surface area contributed by atoms with Gasteiger partial charge in [0.1, 0.15) is 0 Å². The van der Waals surface area contributed by atoms with Gasteiger partial charge in [0.25, 0.3) is 0 Å². The van der Waals surface area contributed by atoms with Crippen molar-refractivity contribution in [1.82, 2.24) is 9.88 Å². The van der Waals surface area contributed by atoms with Crippen LogP contribution in [0.5, 0.6) is 0 Å². The Balaban J connectivity index is 1.43. The second-order valence-corrected chi connectivity index (χ2v) is 11.7. The van der Waals surface area contributed by atoms with Crippen molar-refractivity contribution in [3.8, 4) is 0 Å². The predicted molar refractivity (Wildman–Crippen MR) is 136 cm³/mol. The number of nitrogens with zero attached hydrogens (tertiary/aromatic N) is 3. The molecule has 0 saturated carbocycles. The number of aromatic nitrogens is 1. The Hall–Kier alpha value is -2.33. The number of sulfone groups is 1. The molecule has 1 aliphatic rings. The minimum atomic E-state index is -3.41. The smallest absolute Gasteiger partial charge is 0.228 e. The van der Waals surface area contributed by atoms with Gasteiger partial charge in [-0.25, -0.2) is 13.4 Å². The highest BCUT2D eigenvalue weighted by atomic mass is 32.2. The molecule has 1 aliphatic heterocycles. The van der Waals surface area contributed by atoms with Gasteiger partial charge in [-0.3, -0.25) is 14.6 Å². The van der Waals surface area contributed by atoms with Crippen molar-refractivity contribution in [2.75, 3.05) is 50.0 Å². The zero-order valence-corrected chi connectivity index (χ0v) is 21.1. The zero-order valence-electron chi connectivity index (χ0n) is 19.5. The minimum Gasteiger partial charge on any atom is -0.379 e. The fourth-order valence-corrected chi connectivity index (χ4v) is 6.47. The maximum Gasteiger partial charge on any atom is 0.228 e. The third-order valence-corrected chi connectivity index (χ3v) is 8.79. The van der Waals surface area contributed by atoms with Crippen molar-refractivity contribution in [2.45, 2.75) is 31.1 Å². The molecular weight excluding hydrogens is 470 g/mol. The van der Waals surface area contributed by atoms with Gasteiger partial charge >= 0.3 is 0 Å². The molecule has 2 aromatic carbocycles. The van der Waals surface area contributed by atoms with E-state index in [1.165, 1.54) is 11.3 Å². The molecule has 1 saturated heterocycles. The summed E-state index contributed by atoms with van der Waals surface area (Å²) < 4.78 is 31.7. The van der Waals surface area contributed by atoms with Crippen LogP contribution in [-0.2, 0) is 19.4 Å². The van der Waals surface area contributed by atoms with E-state index in [0.29, 0.717) is 16.6 Å². The first-order valence-corrected chi connectivity index (χ1v) is 14.1. The standard InChI is InChI=1S/C25H31N3O4S2/c1-20-10-11-22-23(19-20)33-25(26-22)28(13-6-12-27-14-16-32-17-15-27)24(29)9-5-18-34(30,31)21-7-3-2-4-8-21/h2-4,7-8,10-11,19H,5-6,9,12-18H2,1H3. The molecule has 9 heteroatoms. The van der Waals surface area contributed by atoms with E-state index in [1.54, 1.807) is 35.2 Å². The topological polar surface area (TPSA) is 79.8 Å². The molecule has 1 amide bonds. The number of thiazole rings is 1. The lowest BCUT2D eigenvalue weighted by Gasteiger charge is -2.27. The van der Waals surface area contributed by atoms with E-state index in [-0.39, 0.29) is 24.5 Å². The monoisotopic (exact) mass is 501 g/mol. The highest BCUT2D eigenvalue weighted by Gasteiger charge is 2.22. The van der Waals surface area contributed by atoms with E-state index >= 15 is 0 Å². The van der Waals surface area contributed by atoms with Crippen molar-refractivity contribution < 1.29 is 17.9 Å². The Morgan fingerprint density at radius 3 is 2.65 bits per heavy atom. The van der Waals surface area contributed by atoms with Crippen molar-refractivity contribution >= 4 is 42.4 Å². The number of carbonyl (C=O) groups is 1. The molecule has 1 fully saturated rings. The number of rotatable bonds is 10. The molecule has 7 nitrogen and oxygen atoms in total. The van der Waals surface area contributed by atoms with Crippen LogP contribution in [0, 0.1) is 6.92 Å². The van der Waals surface area contributed by atoms with Crippen molar-refractivity contribution in [3.63, 3.8) is 0 Å². The Labute approximate surface area is 205 Å². The summed E-state index contributed by atoms with van der Waals surface area (Å²) >= 11 is 1.51. The van der Waals surface area contributed by atoms with E-state index in [9.17, 15) is 13.2 Å². The molecule has 0 N–H and O–H groups in total. The number of fused-ring (bicyclic) bond motifs is 1. The first kappa shape index (κ1) is 24.8. The van der Waals surface area contributed by atoms with E-state index in [4.69, 9.17) is 9.72 Å². The molecule has 0 bridgehead atoms. The molecule has 2 heterocycles. The number of benzene rings is 2. The Kier molecular flexibility index (Phi) is 8.31. The number of hydrogen-bond donors (Lipinski definition) is 0. The summed E-state index contributed by atoms with van der Waals surface area (Å²) in [5.41, 5.74) is 2.03. The fourth-order valence-electron chi connectivity index (χ4n) is 4.03. The van der Waals surface area contributed by atoms with Crippen LogP contribution in [0.25, 0.3) is 10.2 Å². The number of morpholine rings is 1. The van der Waals surface area contributed by atoms with Crippen LogP contribution < -0.4 is 4.90 Å². The highest BCUT2D eigenvalue weighted by molar-refractivity contribution is 7.91. The summed E-state index contributed by atoms with van der Waals surface area (Å²) in [6, 6.07) is 14.5. The van der Waals surface area contributed by atoms with Crippen molar-refractivity contribution in [3.05, 3.63) is 54.1 Å². The van der Waals surface area contributed by atoms with Gasteiger partial charge < -0.3 is 4.74 Å². The van der Waals surface area contributed by atoms with Crippen LogP contribution in [0.3, 0.4) is 0 Å². The molecule has 0 unspecified atom stereocenters. The molecule has 0 atom stereocenters. The second-order valence-electron chi connectivity index (χ2n) is 8.56. The Morgan fingerprint density at radius 1 is 1.12 bits per heavy atom. The molecule has 1 aromatic heterocycles. The SMILES string of the molecule is Cc1ccc2nc(N(CCCN3CCOCC3)C(=O)CCCS(=O)(=O)c3ccccc3)sc2c1. The summed E-state index contributed by atoms with van der Waals surface area (Å²) in [6.45, 7) is 6.79. The molecular formula is C25H31N3O4S2. The van der Waals surface area contributed by atoms with Crippen LogP contribution in [0.2, 0.25) is 0 Å². The molecule has 4 rings (SSSR count). The van der Waals surface area contributed by atoms with Crippen LogP contribution in [-0.4, -0.2) is 69.4 Å². The summed E-state index contributed by atoms with van der Waals surface area (Å²) in [5.74, 6) is -0.135. The van der Waals surface area contributed by atoms with E-state index in [0.717, 1.165) is 55.0 Å². The highest BCUT2D eigenvalue weighted by Crippen LogP contribution is 2.30. The minimum absolute atomic E-state index is 0.0522. The average Bonchev–Trinajstić information content (AvgIpc) is 3.25. The van der Waals surface area contributed by atoms with Gasteiger partial charge in [-0.1, -0.05) is 35.6 Å². The molecule has 0 spiro atoms. The maximum atomic E-state index is 13.3. The Bertz CT molecular complexity index is 1210. The average molecular weight is 502 g/mol. The number of carbonyl (C=O) groups excluding carboxylic acids is 1. The number of amides is 1. The summed E-state index contributed by atoms with van der Waals surface area (Å²) in [4.78, 5) is 22.4. The van der Waals surface area contributed by atoms with Gasteiger partial charge in [0, 0.05) is 32.6 Å². The van der Waals surface area contributed by atoms with E-state index in [1.807, 2.05) is 19.1 Å². The zero-order chi connectivity index (χ0) is 24.0.